The zero-order chi connectivity index (χ0) is 29.2. The van der Waals surface area contributed by atoms with Crippen molar-refractivity contribution in [3.8, 4) is 22.4 Å². The van der Waals surface area contributed by atoms with Crippen LogP contribution in [0.1, 0.15) is 58.8 Å². The Kier molecular flexibility index (Phi) is 11.1. The van der Waals surface area contributed by atoms with E-state index in [0.29, 0.717) is 29.2 Å². The molecule has 2 fully saturated rings. The summed E-state index contributed by atoms with van der Waals surface area (Å²) in [6, 6.07) is 14.5. The molecule has 0 unspecified atom stereocenters. The van der Waals surface area contributed by atoms with E-state index < -0.39 is 0 Å². The second-order valence-corrected chi connectivity index (χ2v) is 10.9. The first-order chi connectivity index (χ1) is 19.8. The van der Waals surface area contributed by atoms with Crippen LogP contribution in [0.15, 0.2) is 54.7 Å². The van der Waals surface area contributed by atoms with Crippen molar-refractivity contribution in [3.63, 3.8) is 0 Å². The molecule has 1 saturated carbocycles. The molecule has 1 aliphatic heterocycles. The van der Waals surface area contributed by atoms with Gasteiger partial charge in [-0.15, -0.1) is 0 Å². The summed E-state index contributed by atoms with van der Waals surface area (Å²) in [5.74, 6) is 0.630. The standard InChI is InChI=1S/C28H30ClFN4O.C4H8O2/c29-25-18-31-28(32-24-13-15-34(16-14-24)27(35)20-5-2-1-3-6-20)33-26(25)22-8-4-7-21(17-22)19-9-11-23(30)12-10-19;1-3-6-4(2)5/h4,7-12,17-18,20,24H,1-3,5-6,13-16H2,(H,31,32,33);3H2,1-2H3. The summed E-state index contributed by atoms with van der Waals surface area (Å²) < 4.78 is 17.7. The molecule has 218 valence electrons. The summed E-state index contributed by atoms with van der Waals surface area (Å²) in [5.41, 5.74) is 3.40. The van der Waals surface area contributed by atoms with Crippen LogP contribution in [0, 0.1) is 11.7 Å². The first-order valence-electron chi connectivity index (χ1n) is 14.4. The third kappa shape index (κ3) is 8.73. The summed E-state index contributed by atoms with van der Waals surface area (Å²) in [6.45, 7) is 5.19. The van der Waals surface area contributed by atoms with Crippen molar-refractivity contribution in [3.05, 3.63) is 65.6 Å². The van der Waals surface area contributed by atoms with Gasteiger partial charge in [-0.2, -0.15) is 0 Å². The number of hydrogen-bond donors (Lipinski definition) is 1. The summed E-state index contributed by atoms with van der Waals surface area (Å²) in [4.78, 5) is 33.8. The fourth-order valence-electron chi connectivity index (χ4n) is 5.37. The number of nitrogens with one attached hydrogen (secondary N) is 1. The highest BCUT2D eigenvalue weighted by Crippen LogP contribution is 2.31. The van der Waals surface area contributed by atoms with E-state index in [1.807, 2.05) is 29.2 Å². The largest absolute Gasteiger partial charge is 0.466 e. The molecule has 5 rings (SSSR count). The summed E-state index contributed by atoms with van der Waals surface area (Å²) in [7, 11) is 0. The number of carbonyl (C=O) groups is 2. The van der Waals surface area contributed by atoms with Gasteiger partial charge < -0.3 is 15.0 Å². The van der Waals surface area contributed by atoms with E-state index in [1.165, 1.54) is 38.3 Å². The van der Waals surface area contributed by atoms with Gasteiger partial charge in [-0.3, -0.25) is 9.59 Å². The Bertz CT molecular complexity index is 1310. The van der Waals surface area contributed by atoms with Gasteiger partial charge in [-0.25, -0.2) is 14.4 Å². The number of piperidine rings is 1. The SMILES string of the molecule is CCOC(C)=O.O=C(C1CCCCC1)N1CCC(Nc2ncc(Cl)c(-c3cccc(-c4ccc(F)cc4)c3)n2)CC1. The minimum Gasteiger partial charge on any atom is -0.466 e. The minimum absolute atomic E-state index is 0.211. The number of halogens is 2. The molecule has 41 heavy (non-hydrogen) atoms. The van der Waals surface area contributed by atoms with Crippen molar-refractivity contribution in [2.75, 3.05) is 25.0 Å². The quantitative estimate of drug-likeness (QED) is 0.312. The second-order valence-electron chi connectivity index (χ2n) is 10.5. The third-order valence-corrected chi connectivity index (χ3v) is 7.78. The van der Waals surface area contributed by atoms with Crippen LogP contribution in [0.5, 0.6) is 0 Å². The Morgan fingerprint density at radius 3 is 2.32 bits per heavy atom. The lowest BCUT2D eigenvalue weighted by atomic mass is 9.87. The monoisotopic (exact) mass is 580 g/mol. The van der Waals surface area contributed by atoms with Gasteiger partial charge in [0.1, 0.15) is 5.82 Å². The van der Waals surface area contributed by atoms with Crippen molar-refractivity contribution in [1.29, 1.82) is 0 Å². The summed E-state index contributed by atoms with van der Waals surface area (Å²) >= 11 is 6.47. The zero-order valence-corrected chi connectivity index (χ0v) is 24.5. The molecule has 1 saturated heterocycles. The molecule has 9 heteroatoms. The van der Waals surface area contributed by atoms with Crippen LogP contribution in [0.2, 0.25) is 5.02 Å². The lowest BCUT2D eigenvalue weighted by Crippen LogP contribution is -2.45. The van der Waals surface area contributed by atoms with Gasteiger partial charge in [0, 0.05) is 37.5 Å². The Morgan fingerprint density at radius 1 is 1.00 bits per heavy atom. The molecule has 1 aromatic heterocycles. The van der Waals surface area contributed by atoms with Crippen LogP contribution in [-0.2, 0) is 14.3 Å². The maximum atomic E-state index is 13.3. The number of likely N-dealkylation sites (tertiary alicyclic amines) is 1. The van der Waals surface area contributed by atoms with Gasteiger partial charge in [0.05, 0.1) is 23.5 Å². The van der Waals surface area contributed by atoms with E-state index in [9.17, 15) is 14.0 Å². The van der Waals surface area contributed by atoms with Gasteiger partial charge >= 0.3 is 5.97 Å². The number of ether oxygens (including phenoxy) is 1. The van der Waals surface area contributed by atoms with Crippen LogP contribution in [-0.4, -0.2) is 52.5 Å². The molecular formula is C32H38ClFN4O3. The molecule has 2 aliphatic rings. The van der Waals surface area contributed by atoms with E-state index in [-0.39, 0.29) is 23.7 Å². The van der Waals surface area contributed by atoms with Crippen LogP contribution >= 0.6 is 11.6 Å². The number of esters is 1. The number of hydrogen-bond acceptors (Lipinski definition) is 6. The number of rotatable bonds is 6. The summed E-state index contributed by atoms with van der Waals surface area (Å²) in [6.07, 6.45) is 9.07. The molecule has 0 spiro atoms. The molecule has 3 aromatic rings. The topological polar surface area (TPSA) is 84.4 Å². The van der Waals surface area contributed by atoms with Gasteiger partial charge in [-0.1, -0.05) is 61.2 Å². The molecule has 1 aliphatic carbocycles. The van der Waals surface area contributed by atoms with Crippen molar-refractivity contribution in [1.82, 2.24) is 14.9 Å². The highest BCUT2D eigenvalue weighted by Gasteiger charge is 2.29. The molecule has 0 bridgehead atoms. The van der Waals surface area contributed by atoms with Crippen molar-refractivity contribution < 1.29 is 18.7 Å². The Labute approximate surface area is 246 Å². The number of anilines is 1. The first-order valence-corrected chi connectivity index (χ1v) is 14.8. The Morgan fingerprint density at radius 2 is 1.68 bits per heavy atom. The maximum absolute atomic E-state index is 13.3. The van der Waals surface area contributed by atoms with E-state index >= 15 is 0 Å². The fourth-order valence-corrected chi connectivity index (χ4v) is 5.57. The highest BCUT2D eigenvalue weighted by atomic mass is 35.5. The zero-order valence-electron chi connectivity index (χ0n) is 23.7. The van der Waals surface area contributed by atoms with Gasteiger partial charge in [-0.05, 0) is 61.9 Å². The minimum atomic E-state index is -0.261. The molecule has 2 heterocycles. The molecule has 7 nitrogen and oxygen atoms in total. The van der Waals surface area contributed by atoms with E-state index in [0.717, 1.165) is 55.5 Å². The van der Waals surface area contributed by atoms with Crippen LogP contribution < -0.4 is 5.32 Å². The van der Waals surface area contributed by atoms with Crippen LogP contribution in [0.25, 0.3) is 22.4 Å². The van der Waals surface area contributed by atoms with Crippen LogP contribution in [0.3, 0.4) is 0 Å². The van der Waals surface area contributed by atoms with E-state index in [2.05, 4.69) is 15.0 Å². The van der Waals surface area contributed by atoms with Gasteiger partial charge in [0.15, 0.2) is 0 Å². The predicted octanol–water partition coefficient (Wildman–Crippen LogP) is 7.16. The molecule has 0 atom stereocenters. The fraction of sp³-hybridized carbons (Fsp3) is 0.438. The average Bonchev–Trinajstić information content (AvgIpc) is 2.99. The van der Waals surface area contributed by atoms with E-state index in [1.54, 1.807) is 25.3 Å². The van der Waals surface area contributed by atoms with Crippen LogP contribution in [0.4, 0.5) is 10.3 Å². The van der Waals surface area contributed by atoms with Crippen molar-refractivity contribution in [2.45, 2.75) is 64.8 Å². The lowest BCUT2D eigenvalue weighted by Gasteiger charge is -2.35. The van der Waals surface area contributed by atoms with E-state index in [4.69, 9.17) is 16.6 Å². The second kappa shape index (κ2) is 14.9. The van der Waals surface area contributed by atoms with Gasteiger partial charge in [0.25, 0.3) is 0 Å². The summed E-state index contributed by atoms with van der Waals surface area (Å²) in [5, 5.41) is 3.92. The van der Waals surface area contributed by atoms with Crippen molar-refractivity contribution in [2.24, 2.45) is 5.92 Å². The number of aromatic nitrogens is 2. The Hall–Kier alpha value is -3.52. The number of carbonyl (C=O) groups excluding carboxylic acids is 2. The molecular weight excluding hydrogens is 543 g/mol. The lowest BCUT2D eigenvalue weighted by molar-refractivity contribution is -0.140. The number of nitrogens with zero attached hydrogens (tertiary/aromatic N) is 3. The molecule has 1 amide bonds. The number of benzene rings is 2. The first kappa shape index (κ1) is 30.4. The molecule has 2 aromatic carbocycles. The highest BCUT2D eigenvalue weighted by molar-refractivity contribution is 6.32. The Balaban J connectivity index is 0.000000585. The van der Waals surface area contributed by atoms with Crippen molar-refractivity contribution >= 4 is 29.4 Å². The van der Waals surface area contributed by atoms with Gasteiger partial charge in [0.2, 0.25) is 11.9 Å². The predicted molar refractivity (Wildman–Crippen MR) is 160 cm³/mol. The molecule has 0 radical (unpaired) electrons. The number of amides is 1. The third-order valence-electron chi connectivity index (χ3n) is 7.50. The molecule has 1 N–H and O–H groups in total. The average molecular weight is 581 g/mol. The maximum Gasteiger partial charge on any atom is 0.302 e. The smallest absolute Gasteiger partial charge is 0.302 e. The normalized spacial score (nSPS) is 16.0.